The van der Waals surface area contributed by atoms with E-state index in [2.05, 4.69) is 29.6 Å². The third-order valence-electron chi connectivity index (χ3n) is 5.25. The number of halogens is 2. The molecular weight excluding hydrogens is 380 g/mol. The summed E-state index contributed by atoms with van der Waals surface area (Å²) in [5.41, 5.74) is 1.99. The van der Waals surface area contributed by atoms with Crippen molar-refractivity contribution in [1.82, 2.24) is 0 Å². The number of carbonyl (C=O) groups excluding carboxylic acids is 1. The van der Waals surface area contributed by atoms with Crippen molar-refractivity contribution in [3.63, 3.8) is 0 Å². The number of thioether (sulfide) groups is 1. The molecule has 0 spiro atoms. The zero-order valence-electron chi connectivity index (χ0n) is 16.0. The predicted octanol–water partition coefficient (Wildman–Crippen LogP) is 1.31. The molecule has 1 saturated heterocycles. The molecule has 0 unspecified atom stereocenters. The van der Waals surface area contributed by atoms with Gasteiger partial charge in [0, 0.05) is 16.1 Å². The lowest BCUT2D eigenvalue weighted by Gasteiger charge is -2.32. The fourth-order valence-corrected chi connectivity index (χ4v) is 4.07. The minimum Gasteiger partial charge on any atom is -0.322 e. The second kappa shape index (κ2) is 10.0. The standard InChI is InChI=1S/C21H25F2N3OS/c1-16(20(27)24-18-7-9-19(10-8-18)28-21(22)23)26-13-11-25(12-14-26)15-17-5-3-2-4-6-17/h2-10,16,21H,11-15H2,1H3,(H,24,27)/p+2/t16-/m0/s1. The van der Waals surface area contributed by atoms with Crippen molar-refractivity contribution in [3.8, 4) is 0 Å². The van der Waals surface area contributed by atoms with E-state index in [1.54, 1.807) is 29.2 Å². The molecule has 0 aliphatic carbocycles. The monoisotopic (exact) mass is 407 g/mol. The maximum absolute atomic E-state index is 12.6. The third kappa shape index (κ3) is 6.02. The molecule has 1 amide bonds. The number of rotatable bonds is 7. The van der Waals surface area contributed by atoms with E-state index in [0.29, 0.717) is 22.3 Å². The number of carbonyl (C=O) groups is 1. The predicted molar refractivity (Wildman–Crippen MR) is 108 cm³/mol. The Balaban J connectivity index is 1.46. The highest BCUT2D eigenvalue weighted by atomic mass is 32.2. The van der Waals surface area contributed by atoms with E-state index < -0.39 is 5.76 Å². The summed E-state index contributed by atoms with van der Waals surface area (Å²) in [6.45, 7) is 6.98. The Morgan fingerprint density at radius 2 is 1.68 bits per heavy atom. The zero-order valence-corrected chi connectivity index (χ0v) is 16.8. The molecule has 3 N–H and O–H groups in total. The quantitative estimate of drug-likeness (QED) is 0.606. The van der Waals surface area contributed by atoms with E-state index in [1.165, 1.54) is 10.5 Å². The van der Waals surface area contributed by atoms with Gasteiger partial charge < -0.3 is 15.1 Å². The first-order valence-corrected chi connectivity index (χ1v) is 10.5. The Bertz CT molecular complexity index is 750. The Labute approximate surface area is 168 Å². The summed E-state index contributed by atoms with van der Waals surface area (Å²) in [5.74, 6) is -2.47. The van der Waals surface area contributed by atoms with Crippen LogP contribution in [0.3, 0.4) is 0 Å². The fourth-order valence-electron chi connectivity index (χ4n) is 3.57. The van der Waals surface area contributed by atoms with Gasteiger partial charge in [-0.3, -0.25) is 4.79 Å². The molecule has 0 saturated carbocycles. The number of anilines is 1. The van der Waals surface area contributed by atoms with Crippen LogP contribution in [0.1, 0.15) is 12.5 Å². The SMILES string of the molecule is C[C@@H](C(=O)Nc1ccc(SC(F)F)cc1)[NH+]1CC[NH+](Cc2ccccc2)CC1. The molecule has 1 atom stereocenters. The van der Waals surface area contributed by atoms with Crippen LogP contribution >= 0.6 is 11.8 Å². The second-order valence-electron chi connectivity index (χ2n) is 7.18. The van der Waals surface area contributed by atoms with Gasteiger partial charge >= 0.3 is 0 Å². The molecule has 28 heavy (non-hydrogen) atoms. The summed E-state index contributed by atoms with van der Waals surface area (Å²) < 4.78 is 24.8. The Kier molecular flexibility index (Phi) is 7.42. The van der Waals surface area contributed by atoms with Crippen molar-refractivity contribution in [3.05, 3.63) is 60.2 Å². The molecular formula is C21H27F2N3OS+2. The van der Waals surface area contributed by atoms with E-state index in [4.69, 9.17) is 0 Å². The van der Waals surface area contributed by atoms with E-state index in [1.807, 2.05) is 13.0 Å². The lowest BCUT2D eigenvalue weighted by atomic mass is 10.1. The van der Waals surface area contributed by atoms with Crippen LogP contribution in [0.15, 0.2) is 59.5 Å². The van der Waals surface area contributed by atoms with Crippen LogP contribution in [0.5, 0.6) is 0 Å². The molecule has 4 nitrogen and oxygen atoms in total. The van der Waals surface area contributed by atoms with Crippen molar-refractivity contribution in [2.75, 3.05) is 31.5 Å². The molecule has 2 aromatic carbocycles. The van der Waals surface area contributed by atoms with E-state index in [-0.39, 0.29) is 11.9 Å². The van der Waals surface area contributed by atoms with Gasteiger partial charge in [-0.1, -0.05) is 42.1 Å². The highest BCUT2D eigenvalue weighted by Gasteiger charge is 2.31. The smallest absolute Gasteiger partial charge is 0.288 e. The number of quaternary nitrogens is 2. The van der Waals surface area contributed by atoms with E-state index >= 15 is 0 Å². The average Bonchev–Trinajstić information content (AvgIpc) is 2.70. The van der Waals surface area contributed by atoms with Crippen molar-refractivity contribution in [2.24, 2.45) is 0 Å². The lowest BCUT2D eigenvalue weighted by molar-refractivity contribution is -1.02. The first-order chi connectivity index (χ1) is 13.5. The van der Waals surface area contributed by atoms with Crippen LogP contribution in [0.2, 0.25) is 0 Å². The summed E-state index contributed by atoms with van der Waals surface area (Å²) in [6.07, 6.45) is 0. The third-order valence-corrected chi connectivity index (χ3v) is 5.97. The number of benzene rings is 2. The summed E-state index contributed by atoms with van der Waals surface area (Å²) >= 11 is 0.503. The number of hydrogen-bond donors (Lipinski definition) is 3. The van der Waals surface area contributed by atoms with Gasteiger partial charge in [0.05, 0.1) is 0 Å². The molecule has 1 heterocycles. The minimum atomic E-state index is -2.44. The number of hydrogen-bond acceptors (Lipinski definition) is 2. The van der Waals surface area contributed by atoms with Gasteiger partial charge in [0.25, 0.3) is 11.7 Å². The molecule has 150 valence electrons. The number of amides is 1. The molecule has 1 aliphatic rings. The molecule has 0 bridgehead atoms. The van der Waals surface area contributed by atoms with Crippen LogP contribution in [-0.4, -0.2) is 43.9 Å². The van der Waals surface area contributed by atoms with Gasteiger partial charge in [-0.25, -0.2) is 0 Å². The molecule has 1 aliphatic heterocycles. The van der Waals surface area contributed by atoms with Crippen molar-refractivity contribution in [1.29, 1.82) is 0 Å². The molecule has 0 aromatic heterocycles. The lowest BCUT2D eigenvalue weighted by Crippen LogP contribution is -3.29. The maximum atomic E-state index is 12.6. The molecule has 7 heteroatoms. The topological polar surface area (TPSA) is 38.0 Å². The van der Waals surface area contributed by atoms with Gasteiger partial charge in [0.1, 0.15) is 32.7 Å². The normalized spacial score (nSPS) is 20.7. The van der Waals surface area contributed by atoms with Crippen LogP contribution in [0.25, 0.3) is 0 Å². The number of piperazine rings is 1. The fraction of sp³-hybridized carbons (Fsp3) is 0.381. The van der Waals surface area contributed by atoms with Gasteiger partial charge in [0.2, 0.25) is 0 Å². The van der Waals surface area contributed by atoms with E-state index in [0.717, 1.165) is 32.7 Å². The summed E-state index contributed by atoms with van der Waals surface area (Å²) in [5, 5.41) is 2.91. The zero-order chi connectivity index (χ0) is 19.9. The van der Waals surface area contributed by atoms with E-state index in [9.17, 15) is 13.6 Å². The Morgan fingerprint density at radius 3 is 2.29 bits per heavy atom. The first-order valence-electron chi connectivity index (χ1n) is 9.59. The highest BCUT2D eigenvalue weighted by molar-refractivity contribution is 7.99. The van der Waals surface area contributed by atoms with Gasteiger partial charge in [0.15, 0.2) is 6.04 Å². The van der Waals surface area contributed by atoms with Crippen LogP contribution in [0, 0.1) is 0 Å². The first kappa shape index (κ1) is 20.8. The number of nitrogens with one attached hydrogen (secondary N) is 3. The van der Waals surface area contributed by atoms with Crippen LogP contribution < -0.4 is 15.1 Å². The highest BCUT2D eigenvalue weighted by Crippen LogP contribution is 2.26. The number of alkyl halides is 2. The summed E-state index contributed by atoms with van der Waals surface area (Å²) in [6, 6.07) is 16.9. The summed E-state index contributed by atoms with van der Waals surface area (Å²) in [4.78, 5) is 15.9. The maximum Gasteiger partial charge on any atom is 0.288 e. The molecule has 3 rings (SSSR count). The van der Waals surface area contributed by atoms with Crippen LogP contribution in [-0.2, 0) is 11.3 Å². The molecule has 0 radical (unpaired) electrons. The van der Waals surface area contributed by atoms with Crippen molar-refractivity contribution >= 4 is 23.4 Å². The minimum absolute atomic E-state index is 0.0317. The van der Waals surface area contributed by atoms with Gasteiger partial charge in [-0.2, -0.15) is 8.78 Å². The van der Waals surface area contributed by atoms with Gasteiger partial charge in [-0.05, 0) is 31.2 Å². The Hall–Kier alpha value is -1.96. The van der Waals surface area contributed by atoms with Crippen LogP contribution in [0.4, 0.5) is 14.5 Å². The summed E-state index contributed by atoms with van der Waals surface area (Å²) in [7, 11) is 0. The van der Waals surface area contributed by atoms with Crippen molar-refractivity contribution in [2.45, 2.75) is 30.2 Å². The second-order valence-corrected chi connectivity index (χ2v) is 8.25. The van der Waals surface area contributed by atoms with Gasteiger partial charge in [-0.15, -0.1) is 0 Å². The average molecular weight is 408 g/mol. The molecule has 2 aromatic rings. The Morgan fingerprint density at radius 1 is 1.04 bits per heavy atom. The largest absolute Gasteiger partial charge is 0.322 e. The van der Waals surface area contributed by atoms with Crippen molar-refractivity contribution < 1.29 is 23.4 Å². The molecule has 1 fully saturated rings.